The lowest BCUT2D eigenvalue weighted by Crippen LogP contribution is -2.36. The molecule has 0 aliphatic heterocycles. The molecule has 0 heterocycles. The average Bonchev–Trinajstić information content (AvgIpc) is 2.60. The zero-order valence-electron chi connectivity index (χ0n) is 15.4. The quantitative estimate of drug-likeness (QED) is 0.624. The zero-order chi connectivity index (χ0) is 19.3. The highest BCUT2D eigenvalue weighted by molar-refractivity contribution is 7.89. The van der Waals surface area contributed by atoms with Gasteiger partial charge >= 0.3 is 0 Å². The van der Waals surface area contributed by atoms with Gasteiger partial charge in [-0.1, -0.05) is 47.5 Å². The normalized spacial score (nSPS) is 12.3. The molecule has 6 nitrogen and oxygen atoms in total. The SMILES string of the molecule is C/C(=N/NC(=O)CN(C)S(=O)(=O)c1ccc(C)cc1)c1ccc(C)cc1. The first kappa shape index (κ1) is 19.8. The molecule has 1 amide bonds. The van der Waals surface area contributed by atoms with Crippen molar-refractivity contribution in [3.8, 4) is 0 Å². The predicted octanol–water partition coefficient (Wildman–Crippen LogP) is 2.46. The Bertz CT molecular complexity index is 902. The van der Waals surface area contributed by atoms with Gasteiger partial charge in [-0.15, -0.1) is 0 Å². The zero-order valence-corrected chi connectivity index (χ0v) is 16.2. The third kappa shape index (κ3) is 5.00. The van der Waals surface area contributed by atoms with Gasteiger partial charge in [0.1, 0.15) is 0 Å². The van der Waals surface area contributed by atoms with Crippen LogP contribution in [0.1, 0.15) is 23.6 Å². The van der Waals surface area contributed by atoms with Crippen LogP contribution in [-0.2, 0) is 14.8 Å². The molecule has 0 saturated carbocycles. The van der Waals surface area contributed by atoms with E-state index in [-0.39, 0.29) is 11.4 Å². The summed E-state index contributed by atoms with van der Waals surface area (Å²) in [5.74, 6) is -0.505. The topological polar surface area (TPSA) is 78.8 Å². The Morgan fingerprint density at radius 3 is 2.04 bits per heavy atom. The lowest BCUT2D eigenvalue weighted by molar-refractivity contribution is -0.121. The Morgan fingerprint density at radius 1 is 1.00 bits per heavy atom. The van der Waals surface area contributed by atoms with Crippen molar-refractivity contribution in [1.82, 2.24) is 9.73 Å². The Labute approximate surface area is 154 Å². The lowest BCUT2D eigenvalue weighted by Gasteiger charge is -2.16. The summed E-state index contributed by atoms with van der Waals surface area (Å²) in [7, 11) is -2.36. The summed E-state index contributed by atoms with van der Waals surface area (Å²) < 4.78 is 26.0. The third-order valence-corrected chi connectivity index (χ3v) is 5.73. The van der Waals surface area contributed by atoms with E-state index in [0.717, 1.165) is 21.0 Å². The van der Waals surface area contributed by atoms with Crippen molar-refractivity contribution in [1.29, 1.82) is 0 Å². The number of hydrazone groups is 1. The van der Waals surface area contributed by atoms with E-state index >= 15 is 0 Å². The Hall–Kier alpha value is -2.51. The molecule has 0 fully saturated rings. The minimum absolute atomic E-state index is 0.151. The van der Waals surface area contributed by atoms with E-state index in [4.69, 9.17) is 0 Å². The molecule has 1 N–H and O–H groups in total. The highest BCUT2D eigenvalue weighted by atomic mass is 32.2. The Kier molecular flexibility index (Phi) is 6.28. The number of sulfonamides is 1. The number of rotatable bonds is 6. The molecule has 138 valence electrons. The number of amides is 1. The molecule has 0 saturated heterocycles. The van der Waals surface area contributed by atoms with Gasteiger partial charge in [-0.05, 0) is 38.5 Å². The van der Waals surface area contributed by atoms with E-state index < -0.39 is 15.9 Å². The molecule has 0 unspecified atom stereocenters. The van der Waals surface area contributed by atoms with Crippen LogP contribution >= 0.6 is 0 Å². The minimum atomic E-state index is -3.72. The van der Waals surface area contributed by atoms with Gasteiger partial charge in [-0.25, -0.2) is 13.8 Å². The number of nitrogens with one attached hydrogen (secondary N) is 1. The highest BCUT2D eigenvalue weighted by Crippen LogP contribution is 2.14. The van der Waals surface area contributed by atoms with Gasteiger partial charge < -0.3 is 0 Å². The molecule has 7 heteroatoms. The molecule has 0 radical (unpaired) electrons. The minimum Gasteiger partial charge on any atom is -0.272 e. The average molecular weight is 373 g/mol. The van der Waals surface area contributed by atoms with Crippen molar-refractivity contribution in [2.24, 2.45) is 5.10 Å². The smallest absolute Gasteiger partial charge is 0.255 e. The van der Waals surface area contributed by atoms with Crippen LogP contribution in [0.15, 0.2) is 58.5 Å². The molecule has 0 aliphatic carbocycles. The third-order valence-electron chi connectivity index (χ3n) is 3.91. The summed E-state index contributed by atoms with van der Waals surface area (Å²) >= 11 is 0. The highest BCUT2D eigenvalue weighted by Gasteiger charge is 2.22. The van der Waals surface area contributed by atoms with Crippen LogP contribution in [0.2, 0.25) is 0 Å². The fourth-order valence-electron chi connectivity index (χ4n) is 2.22. The van der Waals surface area contributed by atoms with Crippen LogP contribution in [0, 0.1) is 13.8 Å². The summed E-state index contributed by atoms with van der Waals surface area (Å²) in [5, 5.41) is 4.04. The largest absolute Gasteiger partial charge is 0.272 e. The first-order valence-electron chi connectivity index (χ1n) is 8.13. The summed E-state index contributed by atoms with van der Waals surface area (Å²) in [4.78, 5) is 12.2. The molecule has 2 aromatic rings. The first-order chi connectivity index (χ1) is 12.2. The summed E-state index contributed by atoms with van der Waals surface area (Å²) in [6.45, 7) is 5.32. The van der Waals surface area contributed by atoms with Gasteiger partial charge in [0.05, 0.1) is 17.2 Å². The van der Waals surface area contributed by atoms with Crippen molar-refractivity contribution >= 4 is 21.6 Å². The molecular weight excluding hydrogens is 350 g/mol. The standard InChI is InChI=1S/C19H23N3O3S/c1-14-5-9-17(10-6-14)16(3)20-21-19(23)13-22(4)26(24,25)18-11-7-15(2)8-12-18/h5-12H,13H2,1-4H3,(H,21,23)/b20-16-. The van der Waals surface area contributed by atoms with Crippen molar-refractivity contribution < 1.29 is 13.2 Å². The van der Waals surface area contributed by atoms with E-state index in [9.17, 15) is 13.2 Å². The van der Waals surface area contributed by atoms with Crippen molar-refractivity contribution in [3.05, 3.63) is 65.2 Å². The fourth-order valence-corrected chi connectivity index (χ4v) is 3.35. The molecule has 2 aromatic carbocycles. The van der Waals surface area contributed by atoms with Crippen molar-refractivity contribution in [3.63, 3.8) is 0 Å². The maximum atomic E-state index is 12.5. The number of likely N-dealkylation sites (N-methyl/N-ethyl adjacent to an activating group) is 1. The van der Waals surface area contributed by atoms with Crippen molar-refractivity contribution in [2.75, 3.05) is 13.6 Å². The number of nitrogens with zero attached hydrogens (tertiary/aromatic N) is 2. The molecule has 0 aromatic heterocycles. The Morgan fingerprint density at radius 2 is 1.50 bits per heavy atom. The van der Waals surface area contributed by atoms with Crippen LogP contribution in [0.4, 0.5) is 0 Å². The molecule has 0 atom stereocenters. The molecule has 2 rings (SSSR count). The van der Waals surface area contributed by atoms with E-state index in [1.165, 1.54) is 19.2 Å². The number of carbonyl (C=O) groups excluding carboxylic acids is 1. The Balaban J connectivity index is 2.01. The molecule has 0 spiro atoms. The molecule has 0 aliphatic rings. The second-order valence-corrected chi connectivity index (χ2v) is 8.22. The van der Waals surface area contributed by atoms with Crippen molar-refractivity contribution in [2.45, 2.75) is 25.7 Å². The number of hydrogen-bond acceptors (Lipinski definition) is 4. The fraction of sp³-hybridized carbons (Fsp3) is 0.263. The number of carbonyl (C=O) groups is 1. The van der Waals surface area contributed by atoms with Crippen LogP contribution in [0.5, 0.6) is 0 Å². The first-order valence-corrected chi connectivity index (χ1v) is 9.57. The van der Waals surface area contributed by atoms with Crippen LogP contribution in [0.25, 0.3) is 0 Å². The van der Waals surface area contributed by atoms with E-state index in [2.05, 4.69) is 10.5 Å². The second-order valence-electron chi connectivity index (χ2n) is 6.17. The van der Waals surface area contributed by atoms with Gasteiger partial charge in [-0.2, -0.15) is 9.41 Å². The second kappa shape index (κ2) is 8.25. The summed E-state index contributed by atoms with van der Waals surface area (Å²) in [6, 6.07) is 14.2. The van der Waals surface area contributed by atoms with E-state index in [1.54, 1.807) is 19.1 Å². The van der Waals surface area contributed by atoms with Gasteiger partial charge in [-0.3, -0.25) is 4.79 Å². The lowest BCUT2D eigenvalue weighted by atomic mass is 10.1. The molecule has 0 bridgehead atoms. The van der Waals surface area contributed by atoms with Crippen LogP contribution in [0.3, 0.4) is 0 Å². The molecule has 26 heavy (non-hydrogen) atoms. The molecular formula is C19H23N3O3S. The van der Waals surface area contributed by atoms with Crippen LogP contribution in [-0.4, -0.2) is 37.9 Å². The maximum Gasteiger partial charge on any atom is 0.255 e. The van der Waals surface area contributed by atoms with E-state index in [1.807, 2.05) is 38.1 Å². The number of benzene rings is 2. The maximum absolute atomic E-state index is 12.5. The number of hydrogen-bond donors (Lipinski definition) is 1. The van der Waals surface area contributed by atoms with Crippen LogP contribution < -0.4 is 5.43 Å². The summed E-state index contributed by atoms with van der Waals surface area (Å²) in [5.41, 5.74) is 6.02. The van der Waals surface area contributed by atoms with Gasteiger partial charge in [0, 0.05) is 7.05 Å². The monoisotopic (exact) mass is 373 g/mol. The number of aryl methyl sites for hydroxylation is 2. The van der Waals surface area contributed by atoms with Gasteiger partial charge in [0.25, 0.3) is 5.91 Å². The van der Waals surface area contributed by atoms with Gasteiger partial charge in [0.15, 0.2) is 0 Å². The van der Waals surface area contributed by atoms with Gasteiger partial charge in [0.2, 0.25) is 10.0 Å². The summed E-state index contributed by atoms with van der Waals surface area (Å²) in [6.07, 6.45) is 0. The van der Waals surface area contributed by atoms with E-state index in [0.29, 0.717) is 5.71 Å². The predicted molar refractivity (Wildman–Crippen MR) is 103 cm³/mol.